The number of rotatable bonds is 6. The fourth-order valence-corrected chi connectivity index (χ4v) is 9.84. The summed E-state index contributed by atoms with van der Waals surface area (Å²) in [4.78, 5) is 9.14. The fraction of sp³-hybridized carbons (Fsp3) is 0.263. The number of hydrogen-bond donors (Lipinski definition) is 0. The van der Waals surface area contributed by atoms with Crippen molar-refractivity contribution in [1.82, 2.24) is 9.97 Å². The maximum absolute atomic E-state index is 14.4. The van der Waals surface area contributed by atoms with E-state index < -0.39 is 19.2 Å². The maximum atomic E-state index is 14.4. The molecule has 44 heavy (non-hydrogen) atoms. The minimum Gasteiger partial charge on any atom is -0.305 e. The second kappa shape index (κ2) is 14.6. The van der Waals surface area contributed by atoms with Crippen LogP contribution >= 0.6 is 11.3 Å². The van der Waals surface area contributed by atoms with Crippen LogP contribution < -0.4 is 4.40 Å². The van der Waals surface area contributed by atoms with E-state index in [9.17, 15) is 4.39 Å². The molecule has 2 nitrogen and oxygen atoms in total. The van der Waals surface area contributed by atoms with Crippen molar-refractivity contribution in [2.45, 2.75) is 57.3 Å². The predicted octanol–water partition coefficient (Wildman–Crippen LogP) is 10.5. The van der Waals surface area contributed by atoms with E-state index in [0.29, 0.717) is 11.3 Å². The number of fused-ring (bicyclic) bond motifs is 3. The third kappa shape index (κ3) is 7.74. The van der Waals surface area contributed by atoms with Crippen molar-refractivity contribution in [1.29, 1.82) is 0 Å². The van der Waals surface area contributed by atoms with Crippen molar-refractivity contribution >= 4 is 49.2 Å². The van der Waals surface area contributed by atoms with Gasteiger partial charge in [-0.05, 0) is 39.2 Å². The SMILES string of the molecule is CC(C)Cc1cc(-c2[c-]cccc2)nc[c]1[Ge]([CH3])([CH3])[CH3].[2H]C(C)(C)c1ccnc(-c2[c-]cc(F)c3c2sc2ccccc23)c1.[Ir]. The Hall–Kier alpha value is -2.70. The zero-order chi connectivity index (χ0) is 31.6. The maximum Gasteiger partial charge on any atom is 0.0470 e. The summed E-state index contributed by atoms with van der Waals surface area (Å²) >= 11 is -0.306. The summed E-state index contributed by atoms with van der Waals surface area (Å²) in [5, 5.41) is 1.55. The molecular weight excluding hydrogens is 800 g/mol. The molecule has 3 aromatic heterocycles. The molecule has 0 saturated carbocycles. The molecule has 0 atom stereocenters. The number of benzene rings is 3. The summed E-state index contributed by atoms with van der Waals surface area (Å²) in [6.07, 6.45) is 4.98. The Balaban J connectivity index is 0.000000204. The van der Waals surface area contributed by atoms with E-state index in [2.05, 4.69) is 66.6 Å². The van der Waals surface area contributed by atoms with Crippen LogP contribution in [0.2, 0.25) is 17.3 Å². The Bertz CT molecular complexity index is 1910. The minimum atomic E-state index is -1.86. The van der Waals surface area contributed by atoms with E-state index >= 15 is 0 Å². The van der Waals surface area contributed by atoms with Crippen molar-refractivity contribution in [3.8, 4) is 22.5 Å². The van der Waals surface area contributed by atoms with Gasteiger partial charge in [0.25, 0.3) is 0 Å². The molecule has 0 N–H and O–H groups in total. The van der Waals surface area contributed by atoms with Crippen LogP contribution in [0.15, 0.2) is 85.2 Å². The molecule has 0 unspecified atom stereocenters. The minimum absolute atomic E-state index is 0. The van der Waals surface area contributed by atoms with Crippen LogP contribution in [0.25, 0.3) is 42.7 Å². The normalized spacial score (nSPS) is 12.1. The molecule has 0 aliphatic carbocycles. The molecule has 0 bridgehead atoms. The molecule has 0 spiro atoms. The van der Waals surface area contributed by atoms with Crippen LogP contribution in [0.3, 0.4) is 0 Å². The zero-order valence-corrected chi connectivity index (χ0v) is 31.7. The largest absolute Gasteiger partial charge is 0.305 e. The molecule has 0 fully saturated rings. The number of pyridine rings is 2. The summed E-state index contributed by atoms with van der Waals surface area (Å²) in [6, 6.07) is 29.7. The van der Waals surface area contributed by atoms with Crippen molar-refractivity contribution in [3.63, 3.8) is 0 Å². The van der Waals surface area contributed by atoms with Gasteiger partial charge in [0.1, 0.15) is 0 Å². The van der Waals surface area contributed by atoms with Gasteiger partial charge in [0.15, 0.2) is 0 Å². The van der Waals surface area contributed by atoms with Crippen molar-refractivity contribution in [3.05, 3.63) is 114 Å². The molecule has 1 radical (unpaired) electrons. The standard InChI is InChI=1S/C20H15FNS.C18H24GeN.Ir/c1-12(2)13-9-10-22-17(11-13)14-7-8-16(21)19-15-5-3-4-6-18(15)23-20(14)19;1-14(2)11-16-12-18(15-9-7-6-8-10-15)20-13-17(16)19(3,4)5;/h3-6,8-12H,1-2H3;6-9,12-14H,11H2,1-5H3;/q2*-1;/i12D;;. The molecule has 0 aliphatic rings. The molecule has 0 aliphatic heterocycles. The van der Waals surface area contributed by atoms with Gasteiger partial charge in [-0.2, -0.15) is 11.3 Å². The average Bonchev–Trinajstić information content (AvgIpc) is 3.37. The van der Waals surface area contributed by atoms with Gasteiger partial charge in [-0.15, -0.1) is 17.7 Å². The first-order valence-electron chi connectivity index (χ1n) is 15.3. The van der Waals surface area contributed by atoms with Crippen molar-refractivity contribution in [2.75, 3.05) is 0 Å². The average molecular weight is 841 g/mol. The summed E-state index contributed by atoms with van der Waals surface area (Å²) < 4.78 is 26.1. The van der Waals surface area contributed by atoms with Crippen LogP contribution in [0.1, 0.15) is 46.1 Å². The van der Waals surface area contributed by atoms with Gasteiger partial charge >= 0.3 is 126 Å². The Morgan fingerprint density at radius 3 is 2.36 bits per heavy atom. The van der Waals surface area contributed by atoms with E-state index in [0.717, 1.165) is 49.3 Å². The first kappa shape index (κ1) is 32.7. The molecular formula is C38H39FGeIrN2S-2. The topological polar surface area (TPSA) is 25.8 Å². The quantitative estimate of drug-likeness (QED) is 0.123. The second-order valence-electron chi connectivity index (χ2n) is 12.6. The van der Waals surface area contributed by atoms with Gasteiger partial charge in [-0.25, -0.2) is 0 Å². The summed E-state index contributed by atoms with van der Waals surface area (Å²) in [6.45, 7) is 8.26. The van der Waals surface area contributed by atoms with Gasteiger partial charge in [0.2, 0.25) is 0 Å². The summed E-state index contributed by atoms with van der Waals surface area (Å²) in [5.41, 5.74) is 6.03. The van der Waals surface area contributed by atoms with E-state index in [4.69, 9.17) is 6.35 Å². The molecule has 229 valence electrons. The molecule has 3 heterocycles. The fourth-order valence-electron chi connectivity index (χ4n) is 5.28. The van der Waals surface area contributed by atoms with Crippen LogP contribution in [-0.4, -0.2) is 23.2 Å². The van der Waals surface area contributed by atoms with Gasteiger partial charge in [0, 0.05) is 38.2 Å². The van der Waals surface area contributed by atoms with E-state index in [1.807, 2.05) is 68.4 Å². The number of halogens is 1. The smallest absolute Gasteiger partial charge is 0.0470 e. The van der Waals surface area contributed by atoms with Gasteiger partial charge in [-0.3, -0.25) is 4.39 Å². The van der Waals surface area contributed by atoms with Crippen LogP contribution in [0.4, 0.5) is 4.39 Å². The third-order valence-corrected chi connectivity index (χ3v) is 12.9. The second-order valence-corrected chi connectivity index (χ2v) is 24.2. The molecule has 6 rings (SSSR count). The molecule has 3 aromatic carbocycles. The summed E-state index contributed by atoms with van der Waals surface area (Å²) in [5.74, 6) is 7.02. The third-order valence-electron chi connectivity index (χ3n) is 7.41. The van der Waals surface area contributed by atoms with Crippen LogP contribution in [-0.2, 0) is 26.5 Å². The Morgan fingerprint density at radius 1 is 0.932 bits per heavy atom. The molecule has 6 aromatic rings. The number of thiophene rings is 1. The van der Waals surface area contributed by atoms with Gasteiger partial charge in [0.05, 0.1) is 0 Å². The molecule has 0 saturated heterocycles. The monoisotopic (exact) mass is 842 g/mol. The zero-order valence-electron chi connectivity index (χ0n) is 27.4. The van der Waals surface area contributed by atoms with Crippen molar-refractivity contribution in [2.24, 2.45) is 5.92 Å². The van der Waals surface area contributed by atoms with Gasteiger partial charge < -0.3 is 4.98 Å². The Labute approximate surface area is 283 Å². The Morgan fingerprint density at radius 2 is 1.68 bits per heavy atom. The summed E-state index contributed by atoms with van der Waals surface area (Å²) in [7, 11) is 0. The predicted molar refractivity (Wildman–Crippen MR) is 185 cm³/mol. The van der Waals surface area contributed by atoms with Gasteiger partial charge in [-0.1, -0.05) is 43.7 Å². The molecule has 0 amide bonds. The number of nitrogens with zero attached hydrogens (tertiary/aromatic N) is 2. The van der Waals surface area contributed by atoms with E-state index in [-0.39, 0.29) is 25.9 Å². The van der Waals surface area contributed by atoms with E-state index in [1.165, 1.54) is 11.6 Å². The van der Waals surface area contributed by atoms with Crippen LogP contribution in [0, 0.1) is 23.9 Å². The number of hydrogen-bond acceptors (Lipinski definition) is 3. The van der Waals surface area contributed by atoms with E-state index in [1.54, 1.807) is 21.9 Å². The Kier molecular flexibility index (Phi) is 10.8. The van der Waals surface area contributed by atoms with Crippen LogP contribution in [0.5, 0.6) is 0 Å². The number of aromatic nitrogens is 2. The van der Waals surface area contributed by atoms with Crippen molar-refractivity contribution < 1.29 is 25.9 Å². The first-order valence-corrected chi connectivity index (χ1v) is 22.9. The molecule has 6 heteroatoms. The first-order chi connectivity index (χ1) is 20.8.